The van der Waals surface area contributed by atoms with Crippen LogP contribution in [0.1, 0.15) is 5.56 Å². The zero-order valence-corrected chi connectivity index (χ0v) is 16.4. The van der Waals surface area contributed by atoms with Gasteiger partial charge in [0.2, 0.25) is 5.91 Å². The van der Waals surface area contributed by atoms with Gasteiger partial charge in [0, 0.05) is 23.3 Å². The molecule has 2 fully saturated rings. The van der Waals surface area contributed by atoms with E-state index in [0.29, 0.717) is 17.3 Å². The van der Waals surface area contributed by atoms with Gasteiger partial charge in [0.05, 0.1) is 24.1 Å². The predicted molar refractivity (Wildman–Crippen MR) is 107 cm³/mol. The number of carbonyl (C=O) groups excluding carboxylic acids is 1. The second kappa shape index (κ2) is 7.26. The molecule has 142 valence electrons. The highest BCUT2D eigenvalue weighted by molar-refractivity contribution is 7.91. The second-order valence-corrected chi connectivity index (χ2v) is 9.75. The highest BCUT2D eigenvalue weighted by atomic mass is 35.5. The summed E-state index contributed by atoms with van der Waals surface area (Å²) in [5, 5.41) is 0.532. The highest BCUT2D eigenvalue weighted by Crippen LogP contribution is 2.32. The molecule has 27 heavy (non-hydrogen) atoms. The van der Waals surface area contributed by atoms with Crippen molar-refractivity contribution in [2.75, 3.05) is 29.5 Å². The number of carbonyl (C=O) groups is 1. The molecule has 0 saturated carbocycles. The topological polar surface area (TPSA) is 57.7 Å². The van der Waals surface area contributed by atoms with Crippen LogP contribution in [-0.2, 0) is 21.1 Å². The third-order valence-corrected chi connectivity index (χ3v) is 7.25. The van der Waals surface area contributed by atoms with Crippen molar-refractivity contribution in [1.82, 2.24) is 4.90 Å². The number of hydrogen-bond acceptors (Lipinski definition) is 4. The van der Waals surface area contributed by atoms with Crippen molar-refractivity contribution >= 4 is 33.0 Å². The van der Waals surface area contributed by atoms with E-state index in [1.807, 2.05) is 41.3 Å². The van der Waals surface area contributed by atoms with Crippen LogP contribution in [0.15, 0.2) is 54.6 Å². The van der Waals surface area contributed by atoms with E-state index in [9.17, 15) is 13.2 Å². The molecule has 4 rings (SSSR count). The summed E-state index contributed by atoms with van der Waals surface area (Å²) in [6.07, 6.45) is 0.786. The van der Waals surface area contributed by atoms with Crippen LogP contribution < -0.4 is 4.90 Å². The molecule has 1 amide bonds. The minimum atomic E-state index is -3.19. The van der Waals surface area contributed by atoms with Gasteiger partial charge in [0.25, 0.3) is 0 Å². The van der Waals surface area contributed by atoms with Crippen molar-refractivity contribution in [3.05, 3.63) is 65.2 Å². The number of fused-ring (bicyclic) bond motifs is 1. The van der Waals surface area contributed by atoms with Crippen molar-refractivity contribution < 1.29 is 13.2 Å². The van der Waals surface area contributed by atoms with Crippen molar-refractivity contribution in [1.29, 1.82) is 0 Å². The summed E-state index contributed by atoms with van der Waals surface area (Å²) in [5.74, 6) is 0.0119. The third kappa shape index (κ3) is 3.88. The van der Waals surface area contributed by atoms with E-state index in [-0.39, 0.29) is 36.0 Å². The molecule has 0 aliphatic carbocycles. The lowest BCUT2D eigenvalue weighted by Crippen LogP contribution is -2.62. The Balaban J connectivity index is 1.60. The molecule has 2 aromatic rings. The Labute approximate surface area is 164 Å². The summed E-state index contributed by atoms with van der Waals surface area (Å²) < 4.78 is 24.8. The van der Waals surface area contributed by atoms with E-state index in [1.54, 1.807) is 23.1 Å². The van der Waals surface area contributed by atoms with Crippen LogP contribution in [0.5, 0.6) is 0 Å². The van der Waals surface area contributed by atoms with Crippen LogP contribution in [0.4, 0.5) is 5.69 Å². The summed E-state index contributed by atoms with van der Waals surface area (Å²) in [7, 11) is -3.19. The Morgan fingerprint density at radius 3 is 2.48 bits per heavy atom. The Morgan fingerprint density at radius 2 is 1.74 bits per heavy atom. The molecular formula is C20H21ClN2O3S. The fourth-order valence-electron chi connectivity index (χ4n) is 4.08. The maximum atomic E-state index is 12.9. The molecule has 0 N–H and O–H groups in total. The molecule has 2 aromatic carbocycles. The number of benzene rings is 2. The first-order chi connectivity index (χ1) is 12.9. The van der Waals surface area contributed by atoms with Gasteiger partial charge < -0.3 is 4.90 Å². The number of amides is 1. The van der Waals surface area contributed by atoms with Gasteiger partial charge in [-0.3, -0.25) is 9.69 Å². The third-order valence-electron chi connectivity index (χ3n) is 5.32. The van der Waals surface area contributed by atoms with Crippen LogP contribution in [0.3, 0.4) is 0 Å². The van der Waals surface area contributed by atoms with Crippen LogP contribution in [-0.4, -0.2) is 55.9 Å². The van der Waals surface area contributed by atoms with Crippen LogP contribution in [0.2, 0.25) is 5.02 Å². The second-order valence-electron chi connectivity index (χ2n) is 7.16. The predicted octanol–water partition coefficient (Wildman–Crippen LogP) is 2.40. The van der Waals surface area contributed by atoms with E-state index in [0.717, 1.165) is 6.42 Å². The lowest BCUT2D eigenvalue weighted by molar-refractivity contribution is -0.123. The fourth-order valence-corrected chi connectivity index (χ4v) is 6.25. The first-order valence-electron chi connectivity index (χ1n) is 8.99. The molecule has 0 unspecified atom stereocenters. The van der Waals surface area contributed by atoms with Crippen molar-refractivity contribution in [3.8, 4) is 0 Å². The maximum Gasteiger partial charge on any atom is 0.241 e. The molecule has 2 atom stereocenters. The van der Waals surface area contributed by atoms with Crippen LogP contribution in [0, 0.1) is 0 Å². The minimum Gasteiger partial charge on any atom is -0.306 e. The average molecular weight is 405 g/mol. The van der Waals surface area contributed by atoms with Gasteiger partial charge in [-0.25, -0.2) is 8.42 Å². The first kappa shape index (κ1) is 18.5. The zero-order chi connectivity index (χ0) is 19.0. The Bertz CT molecular complexity index is 949. The average Bonchev–Trinajstić information content (AvgIpc) is 2.95. The molecule has 0 aromatic heterocycles. The minimum absolute atomic E-state index is 0.00223. The van der Waals surface area contributed by atoms with Gasteiger partial charge in [0.15, 0.2) is 9.84 Å². The molecule has 2 saturated heterocycles. The zero-order valence-electron chi connectivity index (χ0n) is 14.8. The van der Waals surface area contributed by atoms with Crippen molar-refractivity contribution in [2.24, 2.45) is 0 Å². The number of hydrogen-bond donors (Lipinski definition) is 0. The lowest BCUT2D eigenvalue weighted by Gasteiger charge is -2.43. The first-order valence-corrected chi connectivity index (χ1v) is 11.2. The number of anilines is 1. The van der Waals surface area contributed by atoms with E-state index in [2.05, 4.69) is 0 Å². The summed E-state index contributed by atoms with van der Waals surface area (Å²) in [5.41, 5.74) is 1.85. The summed E-state index contributed by atoms with van der Waals surface area (Å²) >= 11 is 6.09. The number of nitrogens with zero attached hydrogens (tertiary/aromatic N) is 2. The largest absolute Gasteiger partial charge is 0.306 e. The molecule has 7 heteroatoms. The van der Waals surface area contributed by atoms with Crippen LogP contribution >= 0.6 is 11.6 Å². The molecule has 2 heterocycles. The maximum absolute atomic E-state index is 12.9. The molecule has 0 radical (unpaired) electrons. The molecule has 5 nitrogen and oxygen atoms in total. The molecule has 2 aliphatic rings. The standard InChI is InChI=1S/C20H21ClN2O3S/c21-16-7-4-8-17(11-16)23-19-14-27(25,26)13-18(19)22(12-20(23)24)10-9-15-5-2-1-3-6-15/h1-8,11,18-19H,9-10,12-14H2/t18-,19+/m0/s1. The number of halogens is 1. The molecule has 0 bridgehead atoms. The summed E-state index contributed by atoms with van der Waals surface area (Å²) in [6, 6.07) is 16.5. The number of rotatable bonds is 4. The normalized spacial score (nSPS) is 24.8. The van der Waals surface area contributed by atoms with Gasteiger partial charge in [-0.1, -0.05) is 48.0 Å². The van der Waals surface area contributed by atoms with Crippen molar-refractivity contribution in [2.45, 2.75) is 18.5 Å². The molecular weight excluding hydrogens is 384 g/mol. The molecule has 0 spiro atoms. The van der Waals surface area contributed by atoms with Crippen LogP contribution in [0.25, 0.3) is 0 Å². The number of sulfone groups is 1. The molecule has 2 aliphatic heterocycles. The van der Waals surface area contributed by atoms with E-state index in [4.69, 9.17) is 11.6 Å². The lowest BCUT2D eigenvalue weighted by atomic mass is 10.0. The fraction of sp³-hybridized carbons (Fsp3) is 0.350. The Kier molecular flexibility index (Phi) is 4.97. The van der Waals surface area contributed by atoms with Crippen molar-refractivity contribution in [3.63, 3.8) is 0 Å². The quantitative estimate of drug-likeness (QED) is 0.785. The van der Waals surface area contributed by atoms with Gasteiger partial charge in [-0.15, -0.1) is 0 Å². The smallest absolute Gasteiger partial charge is 0.241 e. The number of piperazine rings is 1. The van der Waals surface area contributed by atoms with Gasteiger partial charge in [-0.2, -0.15) is 0 Å². The van der Waals surface area contributed by atoms with E-state index in [1.165, 1.54) is 5.56 Å². The van der Waals surface area contributed by atoms with Gasteiger partial charge >= 0.3 is 0 Å². The summed E-state index contributed by atoms with van der Waals surface area (Å²) in [6.45, 7) is 0.881. The monoisotopic (exact) mass is 404 g/mol. The van der Waals surface area contributed by atoms with E-state index < -0.39 is 9.84 Å². The Morgan fingerprint density at radius 1 is 1.00 bits per heavy atom. The summed E-state index contributed by atoms with van der Waals surface area (Å²) in [4.78, 5) is 16.6. The highest BCUT2D eigenvalue weighted by Gasteiger charge is 2.49. The van der Waals surface area contributed by atoms with E-state index >= 15 is 0 Å². The van der Waals surface area contributed by atoms with Gasteiger partial charge in [-0.05, 0) is 30.2 Å². The SMILES string of the molecule is O=C1CN(CCc2ccccc2)[C@H]2CS(=O)(=O)C[C@H]2N1c1cccc(Cl)c1. The van der Waals surface area contributed by atoms with Gasteiger partial charge in [0.1, 0.15) is 0 Å². The Hall–Kier alpha value is -1.89.